The van der Waals surface area contributed by atoms with Crippen LogP contribution in [0.15, 0.2) is 18.2 Å². The van der Waals surface area contributed by atoms with Crippen LogP contribution in [0.25, 0.3) is 0 Å². The van der Waals surface area contributed by atoms with Crippen molar-refractivity contribution < 1.29 is 14.3 Å². The molecule has 1 aliphatic heterocycles. The van der Waals surface area contributed by atoms with Crippen LogP contribution in [0.4, 0.5) is 0 Å². The van der Waals surface area contributed by atoms with Gasteiger partial charge in [0.25, 0.3) is 0 Å². The Morgan fingerprint density at radius 3 is 2.82 bits per heavy atom. The Kier molecular flexibility index (Phi) is 3.98. The Hall–Kier alpha value is -1.55. The fourth-order valence-electron chi connectivity index (χ4n) is 1.78. The van der Waals surface area contributed by atoms with Gasteiger partial charge < -0.3 is 14.3 Å². The number of fused-ring (bicyclic) bond motifs is 1. The lowest BCUT2D eigenvalue weighted by Crippen LogP contribution is -2.23. The molecule has 0 atom stereocenters. The lowest BCUT2D eigenvalue weighted by atomic mass is 10.1. The SMILES string of the molecule is CN(CC=O)CCc1ccc2c(c1)OCCO2. The average molecular weight is 235 g/mol. The molecule has 17 heavy (non-hydrogen) atoms. The number of carbonyl (C=O) groups excluding carboxylic acids is 1. The summed E-state index contributed by atoms with van der Waals surface area (Å²) in [6.45, 7) is 2.57. The van der Waals surface area contributed by atoms with Gasteiger partial charge in [0.05, 0.1) is 6.54 Å². The van der Waals surface area contributed by atoms with Crippen LogP contribution in [0.3, 0.4) is 0 Å². The summed E-state index contributed by atoms with van der Waals surface area (Å²) < 4.78 is 11.0. The van der Waals surface area contributed by atoms with Crippen molar-refractivity contribution in [2.45, 2.75) is 6.42 Å². The molecule has 0 radical (unpaired) electrons. The van der Waals surface area contributed by atoms with Gasteiger partial charge in [0.1, 0.15) is 19.5 Å². The lowest BCUT2D eigenvalue weighted by Gasteiger charge is -2.19. The molecular weight excluding hydrogens is 218 g/mol. The lowest BCUT2D eigenvalue weighted by molar-refractivity contribution is -0.108. The molecule has 0 N–H and O–H groups in total. The van der Waals surface area contributed by atoms with Crippen molar-refractivity contribution in [2.24, 2.45) is 0 Å². The van der Waals surface area contributed by atoms with Crippen molar-refractivity contribution in [3.63, 3.8) is 0 Å². The average Bonchev–Trinajstić information content (AvgIpc) is 2.36. The highest BCUT2D eigenvalue weighted by molar-refractivity contribution is 5.51. The minimum absolute atomic E-state index is 0.477. The molecule has 1 aliphatic rings. The molecule has 1 heterocycles. The molecule has 4 nitrogen and oxygen atoms in total. The number of rotatable bonds is 5. The van der Waals surface area contributed by atoms with E-state index in [9.17, 15) is 4.79 Å². The third-order valence-electron chi connectivity index (χ3n) is 2.77. The molecule has 0 unspecified atom stereocenters. The van der Waals surface area contributed by atoms with Crippen LogP contribution >= 0.6 is 0 Å². The first-order valence-electron chi connectivity index (χ1n) is 5.80. The third-order valence-corrected chi connectivity index (χ3v) is 2.77. The van der Waals surface area contributed by atoms with Crippen LogP contribution < -0.4 is 9.47 Å². The Bertz CT molecular complexity index is 392. The van der Waals surface area contributed by atoms with E-state index < -0.39 is 0 Å². The first-order valence-corrected chi connectivity index (χ1v) is 5.80. The van der Waals surface area contributed by atoms with Gasteiger partial charge in [0.2, 0.25) is 0 Å². The predicted octanol–water partition coefficient (Wildman–Crippen LogP) is 1.13. The van der Waals surface area contributed by atoms with E-state index in [2.05, 4.69) is 0 Å². The molecule has 0 spiro atoms. The van der Waals surface area contributed by atoms with E-state index in [0.717, 1.165) is 30.8 Å². The minimum atomic E-state index is 0.477. The summed E-state index contributed by atoms with van der Waals surface area (Å²) in [6.07, 6.45) is 1.82. The number of nitrogens with zero attached hydrogens (tertiary/aromatic N) is 1. The number of benzene rings is 1. The molecule has 0 bridgehead atoms. The van der Waals surface area contributed by atoms with Gasteiger partial charge in [-0.05, 0) is 31.2 Å². The summed E-state index contributed by atoms with van der Waals surface area (Å²) in [6, 6.07) is 6.01. The quantitative estimate of drug-likeness (QED) is 0.717. The molecule has 2 rings (SSSR count). The zero-order valence-electron chi connectivity index (χ0n) is 10.0. The van der Waals surface area contributed by atoms with Gasteiger partial charge in [0.15, 0.2) is 11.5 Å². The van der Waals surface area contributed by atoms with Crippen molar-refractivity contribution in [3.05, 3.63) is 23.8 Å². The number of hydrogen-bond acceptors (Lipinski definition) is 4. The topological polar surface area (TPSA) is 38.8 Å². The molecule has 0 aliphatic carbocycles. The summed E-state index contributed by atoms with van der Waals surface area (Å²) in [5.41, 5.74) is 1.20. The Morgan fingerprint density at radius 1 is 1.29 bits per heavy atom. The van der Waals surface area contributed by atoms with E-state index in [1.165, 1.54) is 5.56 Å². The second kappa shape index (κ2) is 5.68. The van der Waals surface area contributed by atoms with Crippen molar-refractivity contribution in [2.75, 3.05) is 33.4 Å². The number of aldehydes is 1. The number of ether oxygens (including phenoxy) is 2. The molecule has 0 fully saturated rings. The zero-order valence-corrected chi connectivity index (χ0v) is 10.0. The van der Waals surface area contributed by atoms with Crippen molar-refractivity contribution in [3.8, 4) is 11.5 Å². The highest BCUT2D eigenvalue weighted by atomic mass is 16.6. The van der Waals surface area contributed by atoms with E-state index in [1.807, 2.05) is 30.1 Å². The van der Waals surface area contributed by atoms with Crippen LogP contribution in [0.5, 0.6) is 11.5 Å². The number of likely N-dealkylation sites (N-methyl/N-ethyl adjacent to an activating group) is 1. The van der Waals surface area contributed by atoms with Gasteiger partial charge >= 0.3 is 0 Å². The van der Waals surface area contributed by atoms with Gasteiger partial charge in [-0.3, -0.25) is 4.90 Å². The van der Waals surface area contributed by atoms with Gasteiger partial charge in [0, 0.05) is 6.54 Å². The predicted molar refractivity (Wildman–Crippen MR) is 64.7 cm³/mol. The van der Waals surface area contributed by atoms with Crippen molar-refractivity contribution >= 4 is 6.29 Å². The largest absolute Gasteiger partial charge is 0.486 e. The van der Waals surface area contributed by atoms with E-state index >= 15 is 0 Å². The molecule has 0 amide bonds. The first kappa shape index (κ1) is 11.9. The van der Waals surface area contributed by atoms with Gasteiger partial charge in [-0.15, -0.1) is 0 Å². The van der Waals surface area contributed by atoms with Crippen molar-refractivity contribution in [1.29, 1.82) is 0 Å². The fourth-order valence-corrected chi connectivity index (χ4v) is 1.78. The Labute approximate surface area is 101 Å². The summed E-state index contributed by atoms with van der Waals surface area (Å²) in [7, 11) is 1.94. The third kappa shape index (κ3) is 3.20. The standard InChI is InChI=1S/C13H17NO3/c1-14(6-7-15)5-4-11-2-3-12-13(10-11)17-9-8-16-12/h2-3,7,10H,4-6,8-9H2,1H3. The smallest absolute Gasteiger partial charge is 0.161 e. The Morgan fingerprint density at radius 2 is 2.06 bits per heavy atom. The maximum atomic E-state index is 10.3. The molecule has 0 aromatic heterocycles. The van der Waals surface area contributed by atoms with Crippen LogP contribution in [0, 0.1) is 0 Å². The summed E-state index contributed by atoms with van der Waals surface area (Å²) >= 11 is 0. The van der Waals surface area contributed by atoms with Crippen molar-refractivity contribution in [1.82, 2.24) is 4.90 Å². The van der Waals surface area contributed by atoms with Gasteiger partial charge in [-0.2, -0.15) is 0 Å². The molecule has 4 heteroatoms. The van der Waals surface area contributed by atoms with Gasteiger partial charge in [-0.1, -0.05) is 6.07 Å². The normalized spacial score (nSPS) is 13.8. The fraction of sp³-hybridized carbons (Fsp3) is 0.462. The molecule has 92 valence electrons. The monoisotopic (exact) mass is 235 g/mol. The van der Waals surface area contributed by atoms with E-state index in [4.69, 9.17) is 9.47 Å². The first-order chi connectivity index (χ1) is 8.29. The second-order valence-corrected chi connectivity index (χ2v) is 4.16. The van der Waals surface area contributed by atoms with Crippen LogP contribution in [-0.4, -0.2) is 44.5 Å². The maximum absolute atomic E-state index is 10.3. The second-order valence-electron chi connectivity index (χ2n) is 4.16. The van der Waals surface area contributed by atoms with Crippen LogP contribution in [0.2, 0.25) is 0 Å². The van der Waals surface area contributed by atoms with E-state index in [-0.39, 0.29) is 0 Å². The minimum Gasteiger partial charge on any atom is -0.486 e. The summed E-state index contributed by atoms with van der Waals surface area (Å²) in [4.78, 5) is 12.3. The number of hydrogen-bond donors (Lipinski definition) is 0. The molecule has 1 aromatic rings. The molecule has 1 aromatic carbocycles. The molecule has 0 saturated carbocycles. The molecule has 0 saturated heterocycles. The van der Waals surface area contributed by atoms with E-state index in [1.54, 1.807) is 0 Å². The van der Waals surface area contributed by atoms with Crippen LogP contribution in [0.1, 0.15) is 5.56 Å². The highest BCUT2D eigenvalue weighted by Crippen LogP contribution is 2.30. The number of carbonyl (C=O) groups is 1. The maximum Gasteiger partial charge on any atom is 0.161 e. The molecular formula is C13H17NO3. The summed E-state index contributed by atoms with van der Waals surface area (Å²) in [5.74, 6) is 1.65. The van der Waals surface area contributed by atoms with Gasteiger partial charge in [-0.25, -0.2) is 0 Å². The highest BCUT2D eigenvalue weighted by Gasteiger charge is 2.11. The summed E-state index contributed by atoms with van der Waals surface area (Å²) in [5, 5.41) is 0. The van der Waals surface area contributed by atoms with E-state index in [0.29, 0.717) is 19.8 Å². The van der Waals surface area contributed by atoms with Crippen LogP contribution in [-0.2, 0) is 11.2 Å². The zero-order chi connectivity index (χ0) is 12.1. The Balaban J connectivity index is 1.95.